The van der Waals surface area contributed by atoms with Gasteiger partial charge in [0.1, 0.15) is 23.5 Å². The van der Waals surface area contributed by atoms with Gasteiger partial charge in [0.2, 0.25) is 11.7 Å². The molecule has 2 aromatic carbocycles. The van der Waals surface area contributed by atoms with Crippen molar-refractivity contribution in [1.29, 1.82) is 0 Å². The molecule has 1 spiro atoms. The molecule has 2 atom stereocenters. The van der Waals surface area contributed by atoms with Crippen molar-refractivity contribution in [2.75, 3.05) is 29.9 Å². The zero-order valence-electron chi connectivity index (χ0n) is 18.1. The van der Waals surface area contributed by atoms with Crippen LogP contribution in [0.1, 0.15) is 29.1 Å². The lowest BCUT2D eigenvalue weighted by atomic mass is 9.77. The third kappa shape index (κ3) is 3.18. The van der Waals surface area contributed by atoms with Crippen molar-refractivity contribution >= 4 is 17.3 Å². The van der Waals surface area contributed by atoms with E-state index in [9.17, 15) is 18.0 Å². The number of ether oxygens (including phenoxy) is 1. The van der Waals surface area contributed by atoms with Crippen LogP contribution in [0.2, 0.25) is 0 Å². The maximum atomic E-state index is 13.9. The SMILES string of the molecule is O=C1N(Cc2ccc(C(F)(F)F)o2)c2ccccc2C12COc1cc(N[C@@H]3CCNC3)ccc12. The van der Waals surface area contributed by atoms with Gasteiger partial charge in [-0.15, -0.1) is 0 Å². The Kier molecular flexibility index (Phi) is 4.67. The van der Waals surface area contributed by atoms with Gasteiger partial charge in [-0.2, -0.15) is 13.2 Å². The highest BCUT2D eigenvalue weighted by Crippen LogP contribution is 2.53. The number of nitrogens with one attached hydrogen (secondary N) is 2. The molecule has 4 heterocycles. The summed E-state index contributed by atoms with van der Waals surface area (Å²) in [6, 6.07) is 15.6. The van der Waals surface area contributed by atoms with Gasteiger partial charge in [0.25, 0.3) is 0 Å². The molecule has 1 aromatic heterocycles. The lowest BCUT2D eigenvalue weighted by Gasteiger charge is -2.23. The lowest BCUT2D eigenvalue weighted by Crippen LogP contribution is -2.42. The van der Waals surface area contributed by atoms with Crippen LogP contribution in [-0.2, 0) is 22.9 Å². The maximum Gasteiger partial charge on any atom is 0.449 e. The Bertz CT molecular complexity index is 1270. The van der Waals surface area contributed by atoms with Gasteiger partial charge in [-0.1, -0.05) is 24.3 Å². The van der Waals surface area contributed by atoms with E-state index in [4.69, 9.17) is 9.15 Å². The Hall–Kier alpha value is -3.46. The summed E-state index contributed by atoms with van der Waals surface area (Å²) in [5, 5.41) is 6.82. The van der Waals surface area contributed by atoms with Crippen molar-refractivity contribution in [1.82, 2.24) is 5.32 Å². The first-order valence-corrected chi connectivity index (χ1v) is 11.2. The van der Waals surface area contributed by atoms with Gasteiger partial charge in [-0.05, 0) is 42.8 Å². The van der Waals surface area contributed by atoms with Crippen LogP contribution < -0.4 is 20.3 Å². The van der Waals surface area contributed by atoms with Gasteiger partial charge < -0.3 is 24.7 Å². The van der Waals surface area contributed by atoms with E-state index in [1.54, 1.807) is 12.1 Å². The summed E-state index contributed by atoms with van der Waals surface area (Å²) in [5.41, 5.74) is 2.07. The number of carbonyl (C=O) groups is 1. The summed E-state index contributed by atoms with van der Waals surface area (Å²) in [6.07, 6.45) is -3.55. The van der Waals surface area contributed by atoms with Crippen LogP contribution in [0.5, 0.6) is 5.75 Å². The Labute approximate surface area is 193 Å². The Morgan fingerprint density at radius 1 is 1.12 bits per heavy atom. The first-order chi connectivity index (χ1) is 16.4. The number of nitrogens with zero attached hydrogens (tertiary/aromatic N) is 1. The Morgan fingerprint density at radius 3 is 2.74 bits per heavy atom. The van der Waals surface area contributed by atoms with Crippen LogP contribution in [-0.4, -0.2) is 31.6 Å². The Morgan fingerprint density at radius 2 is 1.97 bits per heavy atom. The van der Waals surface area contributed by atoms with Crippen LogP contribution in [0.3, 0.4) is 0 Å². The normalized spacial score (nSPS) is 23.3. The number of para-hydroxylation sites is 1. The smallest absolute Gasteiger partial charge is 0.449 e. The molecule has 9 heteroatoms. The molecule has 176 valence electrons. The van der Waals surface area contributed by atoms with Gasteiger partial charge in [0.15, 0.2) is 0 Å². The molecule has 3 aromatic rings. The number of carbonyl (C=O) groups excluding carboxylic acids is 1. The zero-order chi connectivity index (χ0) is 23.5. The molecule has 3 aliphatic heterocycles. The summed E-state index contributed by atoms with van der Waals surface area (Å²) >= 11 is 0. The van der Waals surface area contributed by atoms with Crippen molar-refractivity contribution in [3.05, 3.63) is 77.2 Å². The van der Waals surface area contributed by atoms with Crippen molar-refractivity contribution in [3.63, 3.8) is 0 Å². The average molecular weight is 469 g/mol. The lowest BCUT2D eigenvalue weighted by molar-refractivity contribution is -0.153. The quantitative estimate of drug-likeness (QED) is 0.597. The number of hydrogen-bond donors (Lipinski definition) is 2. The molecule has 0 radical (unpaired) electrons. The minimum atomic E-state index is -4.58. The highest BCUT2D eigenvalue weighted by molar-refractivity contribution is 6.11. The minimum absolute atomic E-state index is 0.0661. The number of halogens is 3. The fraction of sp³-hybridized carbons (Fsp3) is 0.320. The van der Waals surface area contributed by atoms with Crippen LogP contribution in [0, 0.1) is 0 Å². The highest BCUT2D eigenvalue weighted by atomic mass is 19.4. The molecular formula is C25H22F3N3O3. The number of alkyl halides is 3. The van der Waals surface area contributed by atoms with Gasteiger partial charge >= 0.3 is 6.18 Å². The third-order valence-electron chi connectivity index (χ3n) is 6.84. The summed E-state index contributed by atoms with van der Waals surface area (Å²) in [6.45, 7) is 1.90. The number of rotatable bonds is 4. The molecule has 34 heavy (non-hydrogen) atoms. The number of hydrogen-bond acceptors (Lipinski definition) is 5. The van der Waals surface area contributed by atoms with Crippen LogP contribution >= 0.6 is 0 Å². The number of anilines is 2. The fourth-order valence-corrected chi connectivity index (χ4v) is 5.21. The van der Waals surface area contributed by atoms with Gasteiger partial charge in [-0.3, -0.25) is 4.79 Å². The van der Waals surface area contributed by atoms with E-state index in [0.29, 0.717) is 17.5 Å². The second kappa shape index (κ2) is 7.53. The molecule has 6 rings (SSSR count). The summed E-state index contributed by atoms with van der Waals surface area (Å²) in [4.78, 5) is 15.4. The molecule has 1 fully saturated rings. The molecule has 6 nitrogen and oxygen atoms in total. The minimum Gasteiger partial charge on any atom is -0.491 e. The highest BCUT2D eigenvalue weighted by Gasteiger charge is 2.57. The molecule has 1 saturated heterocycles. The van der Waals surface area contributed by atoms with E-state index in [-0.39, 0.29) is 24.8 Å². The van der Waals surface area contributed by atoms with Gasteiger partial charge in [-0.25, -0.2) is 0 Å². The number of benzene rings is 2. The monoisotopic (exact) mass is 469 g/mol. The van der Waals surface area contributed by atoms with Crippen molar-refractivity contribution in [2.45, 2.75) is 30.6 Å². The standard InChI is InChI=1S/C25H22F3N3O3/c26-25(27,28)22-8-6-17(34-22)13-31-20-4-2-1-3-18(20)24(23(31)32)14-33-21-11-15(5-7-19(21)24)30-16-9-10-29-12-16/h1-8,11,16,29-30H,9-10,12-14H2/t16-,24?/m1/s1. The van der Waals surface area contributed by atoms with Crippen molar-refractivity contribution in [3.8, 4) is 5.75 Å². The first kappa shape index (κ1) is 21.1. The molecule has 0 bridgehead atoms. The number of fused-ring (bicyclic) bond motifs is 4. The molecule has 1 unspecified atom stereocenters. The van der Waals surface area contributed by atoms with E-state index in [0.717, 1.165) is 42.4 Å². The second-order valence-electron chi connectivity index (χ2n) is 8.91. The first-order valence-electron chi connectivity index (χ1n) is 11.2. The topological polar surface area (TPSA) is 66.7 Å². The van der Waals surface area contributed by atoms with E-state index >= 15 is 0 Å². The van der Waals surface area contributed by atoms with Crippen LogP contribution in [0.15, 0.2) is 59.0 Å². The zero-order valence-corrected chi connectivity index (χ0v) is 18.1. The second-order valence-corrected chi connectivity index (χ2v) is 8.91. The summed E-state index contributed by atoms with van der Waals surface area (Å²) in [5.74, 6) is -0.614. The number of furan rings is 1. The van der Waals surface area contributed by atoms with Crippen molar-refractivity contribution in [2.24, 2.45) is 0 Å². The largest absolute Gasteiger partial charge is 0.491 e. The van der Waals surface area contributed by atoms with Crippen LogP contribution in [0.25, 0.3) is 0 Å². The molecule has 0 saturated carbocycles. The fourth-order valence-electron chi connectivity index (χ4n) is 5.21. The van der Waals surface area contributed by atoms with Gasteiger partial charge in [0, 0.05) is 35.6 Å². The van der Waals surface area contributed by atoms with Crippen molar-refractivity contribution < 1.29 is 27.1 Å². The third-order valence-corrected chi connectivity index (χ3v) is 6.84. The molecule has 0 aliphatic carbocycles. The predicted molar refractivity (Wildman–Crippen MR) is 119 cm³/mol. The molecule has 3 aliphatic rings. The van der Waals surface area contributed by atoms with E-state index in [1.807, 2.05) is 30.3 Å². The predicted octanol–water partition coefficient (Wildman–Crippen LogP) is 4.30. The molecule has 2 N–H and O–H groups in total. The van der Waals surface area contributed by atoms with E-state index in [2.05, 4.69) is 10.6 Å². The molecular weight excluding hydrogens is 447 g/mol. The Balaban J connectivity index is 1.35. The maximum absolute atomic E-state index is 13.9. The average Bonchev–Trinajstić information content (AvgIpc) is 3.59. The van der Waals surface area contributed by atoms with Crippen LogP contribution in [0.4, 0.5) is 24.5 Å². The van der Waals surface area contributed by atoms with E-state index < -0.39 is 17.4 Å². The van der Waals surface area contributed by atoms with E-state index in [1.165, 1.54) is 11.0 Å². The summed E-state index contributed by atoms with van der Waals surface area (Å²) in [7, 11) is 0. The molecule has 1 amide bonds. The number of amides is 1. The van der Waals surface area contributed by atoms with Gasteiger partial charge in [0.05, 0.1) is 6.54 Å². The summed E-state index contributed by atoms with van der Waals surface area (Å²) < 4.78 is 50.0.